The van der Waals surface area contributed by atoms with E-state index in [1.807, 2.05) is 49.7 Å². The lowest BCUT2D eigenvalue weighted by Gasteiger charge is -2.14. The number of rotatable bonds is 4. The monoisotopic (exact) mass is 283 g/mol. The summed E-state index contributed by atoms with van der Waals surface area (Å²) >= 11 is 0. The summed E-state index contributed by atoms with van der Waals surface area (Å²) in [5.74, 6) is 2.07. The smallest absolute Gasteiger partial charge is 0.219 e. The van der Waals surface area contributed by atoms with Crippen LogP contribution < -0.4 is 19.7 Å². The van der Waals surface area contributed by atoms with Crippen LogP contribution in [-0.4, -0.2) is 18.8 Å². The summed E-state index contributed by atoms with van der Waals surface area (Å²) in [6, 6.07) is 9.56. The van der Waals surface area contributed by atoms with Crippen LogP contribution in [0.5, 0.6) is 17.4 Å². The maximum atomic E-state index is 5.75. The maximum absolute atomic E-state index is 5.75. The van der Waals surface area contributed by atoms with Gasteiger partial charge in [0, 0.05) is 24.5 Å². The van der Waals surface area contributed by atoms with Gasteiger partial charge in [0.25, 0.3) is 0 Å². The van der Waals surface area contributed by atoms with Crippen LogP contribution in [0.25, 0.3) is 0 Å². The second-order valence-corrected chi connectivity index (χ2v) is 4.74. The zero-order valence-corrected chi connectivity index (χ0v) is 12.0. The molecule has 0 aliphatic carbocycles. The van der Waals surface area contributed by atoms with Crippen LogP contribution in [0.3, 0.4) is 0 Å². The number of methoxy groups -OCH3 is 1. The van der Waals surface area contributed by atoms with Gasteiger partial charge < -0.3 is 19.7 Å². The Morgan fingerprint density at radius 1 is 1.24 bits per heavy atom. The van der Waals surface area contributed by atoms with Crippen molar-refractivity contribution in [2.45, 2.75) is 6.92 Å². The fourth-order valence-corrected chi connectivity index (χ4v) is 2.11. The first-order chi connectivity index (χ1) is 10.3. The van der Waals surface area contributed by atoms with Crippen molar-refractivity contribution in [3.63, 3.8) is 0 Å². The predicted molar refractivity (Wildman–Crippen MR) is 81.7 cm³/mol. The van der Waals surface area contributed by atoms with E-state index in [9.17, 15) is 0 Å². The average Bonchev–Trinajstić information content (AvgIpc) is 3.04. The molecule has 1 aliphatic heterocycles. The summed E-state index contributed by atoms with van der Waals surface area (Å²) in [6.45, 7) is 2.75. The summed E-state index contributed by atoms with van der Waals surface area (Å²) < 4.78 is 11.0. The highest BCUT2D eigenvalue weighted by atomic mass is 16.5. The minimum Gasteiger partial charge on any atom is -0.496 e. The number of nitrogens with one attached hydrogen (secondary N) is 1. The van der Waals surface area contributed by atoms with Crippen molar-refractivity contribution in [1.82, 2.24) is 10.3 Å². The highest BCUT2D eigenvalue weighted by Crippen LogP contribution is 2.27. The molecule has 1 aliphatic rings. The summed E-state index contributed by atoms with van der Waals surface area (Å²) in [7, 11) is 1.65. The number of hydrogen-bond donors (Lipinski definition) is 1. The van der Waals surface area contributed by atoms with Crippen LogP contribution in [0.4, 0.5) is 5.69 Å². The van der Waals surface area contributed by atoms with E-state index in [4.69, 9.17) is 9.47 Å². The molecule has 1 aromatic heterocycles. The summed E-state index contributed by atoms with van der Waals surface area (Å²) in [4.78, 5) is 6.39. The SMILES string of the molecule is COc1cc(Oc2ccc(N3C=CNC3)cn2)ccc1C. The van der Waals surface area contributed by atoms with E-state index in [0.717, 1.165) is 23.7 Å². The third-order valence-corrected chi connectivity index (χ3v) is 3.29. The average molecular weight is 283 g/mol. The van der Waals surface area contributed by atoms with Gasteiger partial charge in [-0.2, -0.15) is 0 Å². The van der Waals surface area contributed by atoms with Crippen molar-refractivity contribution in [2.24, 2.45) is 0 Å². The molecule has 0 spiro atoms. The maximum Gasteiger partial charge on any atom is 0.219 e. The number of ether oxygens (including phenoxy) is 2. The standard InChI is InChI=1S/C16H17N3O2/c1-12-3-5-14(9-15(12)20-2)21-16-6-4-13(10-18-16)19-8-7-17-11-19/h3-10,17H,11H2,1-2H3. The second-order valence-electron chi connectivity index (χ2n) is 4.74. The Hall–Kier alpha value is -2.69. The van der Waals surface area contributed by atoms with Gasteiger partial charge in [-0.15, -0.1) is 0 Å². The number of pyridine rings is 1. The Morgan fingerprint density at radius 2 is 2.14 bits per heavy atom. The first-order valence-corrected chi connectivity index (χ1v) is 6.71. The van der Waals surface area contributed by atoms with Crippen LogP contribution in [0.2, 0.25) is 0 Å². The number of hydrogen-bond acceptors (Lipinski definition) is 5. The van der Waals surface area contributed by atoms with E-state index in [-0.39, 0.29) is 0 Å². The molecule has 0 atom stereocenters. The van der Waals surface area contributed by atoms with Crippen LogP contribution >= 0.6 is 0 Å². The molecule has 0 bridgehead atoms. The lowest BCUT2D eigenvalue weighted by molar-refractivity contribution is 0.404. The quantitative estimate of drug-likeness (QED) is 0.934. The molecule has 3 rings (SSSR count). The van der Waals surface area contributed by atoms with E-state index < -0.39 is 0 Å². The van der Waals surface area contributed by atoms with Crippen molar-refractivity contribution in [3.05, 3.63) is 54.5 Å². The largest absolute Gasteiger partial charge is 0.496 e. The number of aryl methyl sites for hydroxylation is 1. The molecule has 5 heteroatoms. The van der Waals surface area contributed by atoms with Gasteiger partial charge in [0.15, 0.2) is 0 Å². The Labute approximate surface area is 123 Å². The Kier molecular flexibility index (Phi) is 3.64. The third kappa shape index (κ3) is 2.91. The molecule has 0 amide bonds. The fraction of sp³-hybridized carbons (Fsp3) is 0.188. The molecule has 2 aromatic rings. The van der Waals surface area contributed by atoms with Crippen LogP contribution in [0, 0.1) is 6.92 Å². The van der Waals surface area contributed by atoms with Gasteiger partial charge in [0.1, 0.15) is 11.5 Å². The van der Waals surface area contributed by atoms with Gasteiger partial charge in [-0.05, 0) is 24.6 Å². The third-order valence-electron chi connectivity index (χ3n) is 3.29. The zero-order chi connectivity index (χ0) is 14.7. The second kappa shape index (κ2) is 5.75. The van der Waals surface area contributed by atoms with Gasteiger partial charge in [0.05, 0.1) is 25.7 Å². The molecule has 0 unspecified atom stereocenters. The molecular weight excluding hydrogens is 266 g/mol. The van der Waals surface area contributed by atoms with Crippen molar-refractivity contribution in [2.75, 3.05) is 18.7 Å². The molecule has 0 saturated heterocycles. The molecule has 1 aromatic carbocycles. The van der Waals surface area contributed by atoms with Gasteiger partial charge >= 0.3 is 0 Å². The number of benzene rings is 1. The molecule has 21 heavy (non-hydrogen) atoms. The predicted octanol–water partition coefficient (Wildman–Crippen LogP) is 3.03. The highest BCUT2D eigenvalue weighted by Gasteiger charge is 2.08. The lowest BCUT2D eigenvalue weighted by Crippen LogP contribution is -2.19. The first-order valence-electron chi connectivity index (χ1n) is 6.71. The van der Waals surface area contributed by atoms with E-state index >= 15 is 0 Å². The number of anilines is 1. The van der Waals surface area contributed by atoms with Crippen molar-refractivity contribution >= 4 is 5.69 Å². The van der Waals surface area contributed by atoms with Crippen LogP contribution in [0.15, 0.2) is 48.9 Å². The lowest BCUT2D eigenvalue weighted by atomic mass is 10.2. The van der Waals surface area contributed by atoms with Gasteiger partial charge in [-0.3, -0.25) is 0 Å². The zero-order valence-electron chi connectivity index (χ0n) is 12.0. The number of aromatic nitrogens is 1. The Balaban J connectivity index is 1.74. The molecule has 0 fully saturated rings. The topological polar surface area (TPSA) is 46.6 Å². The highest BCUT2D eigenvalue weighted by molar-refractivity contribution is 5.49. The first kappa shape index (κ1) is 13.3. The minimum atomic E-state index is 0.556. The van der Waals surface area contributed by atoms with Crippen LogP contribution in [-0.2, 0) is 0 Å². The Bertz CT molecular complexity index is 653. The van der Waals surface area contributed by atoms with E-state index in [1.165, 1.54) is 0 Å². The van der Waals surface area contributed by atoms with Crippen molar-refractivity contribution < 1.29 is 9.47 Å². The fourth-order valence-electron chi connectivity index (χ4n) is 2.11. The molecule has 0 saturated carbocycles. The summed E-state index contributed by atoms with van der Waals surface area (Å²) in [5, 5.41) is 3.12. The van der Waals surface area contributed by atoms with Crippen molar-refractivity contribution in [3.8, 4) is 17.4 Å². The van der Waals surface area contributed by atoms with Crippen molar-refractivity contribution in [1.29, 1.82) is 0 Å². The Morgan fingerprint density at radius 3 is 2.81 bits per heavy atom. The van der Waals surface area contributed by atoms with E-state index in [2.05, 4.69) is 15.2 Å². The molecule has 108 valence electrons. The van der Waals surface area contributed by atoms with E-state index in [1.54, 1.807) is 13.3 Å². The molecule has 2 heterocycles. The van der Waals surface area contributed by atoms with E-state index in [0.29, 0.717) is 11.6 Å². The summed E-state index contributed by atoms with van der Waals surface area (Å²) in [5.41, 5.74) is 2.09. The van der Waals surface area contributed by atoms with Crippen LogP contribution in [0.1, 0.15) is 5.56 Å². The molecule has 5 nitrogen and oxygen atoms in total. The van der Waals surface area contributed by atoms with Gasteiger partial charge in [-0.25, -0.2) is 4.98 Å². The normalized spacial score (nSPS) is 13.1. The number of nitrogens with zero attached hydrogens (tertiary/aromatic N) is 2. The summed E-state index contributed by atoms with van der Waals surface area (Å²) in [6.07, 6.45) is 5.67. The molecular formula is C16H17N3O2. The molecule has 0 radical (unpaired) electrons. The van der Waals surface area contributed by atoms with Gasteiger partial charge in [-0.1, -0.05) is 6.07 Å². The minimum absolute atomic E-state index is 0.556. The van der Waals surface area contributed by atoms with Gasteiger partial charge in [0.2, 0.25) is 5.88 Å². The molecule has 1 N–H and O–H groups in total.